The number of phosphoric acid groups is 2. The monoisotopic (exact) mass is 262 g/mol. The van der Waals surface area contributed by atoms with Gasteiger partial charge in [0.25, 0.3) is 0 Å². The lowest BCUT2D eigenvalue weighted by atomic mass is 10.4. The van der Waals surface area contributed by atoms with Gasteiger partial charge in [0.05, 0.1) is 6.61 Å². The summed E-state index contributed by atoms with van der Waals surface area (Å²) >= 11 is 0. The van der Waals surface area contributed by atoms with Gasteiger partial charge in [-0.25, -0.2) is 9.13 Å². The first-order valence-electron chi connectivity index (χ1n) is 3.96. The normalized spacial score (nSPS) is 15.7. The van der Waals surface area contributed by atoms with Gasteiger partial charge in [-0.05, 0) is 6.42 Å². The van der Waals surface area contributed by atoms with E-state index in [0.29, 0.717) is 12.8 Å². The van der Waals surface area contributed by atoms with Crippen LogP contribution in [0, 0.1) is 0 Å². The maximum Gasteiger partial charge on any atom is 0.541 e. The van der Waals surface area contributed by atoms with Crippen LogP contribution < -0.4 is 0 Å². The molecule has 0 heterocycles. The standard InChI is InChI=1S/C5H12O8P2/c1-2-3-4-11-15(10,12-5-6)13-14(7,8)9/h5H,2-4H2,1H3,(H2,7,8,9). The fourth-order valence-corrected chi connectivity index (χ4v) is 2.48. The van der Waals surface area contributed by atoms with Gasteiger partial charge in [-0.3, -0.25) is 9.32 Å². The van der Waals surface area contributed by atoms with E-state index in [-0.39, 0.29) is 13.1 Å². The molecule has 1 atom stereocenters. The molecule has 0 aliphatic rings. The van der Waals surface area contributed by atoms with E-state index in [1.807, 2.05) is 6.92 Å². The molecule has 0 saturated heterocycles. The lowest BCUT2D eigenvalue weighted by Crippen LogP contribution is -1.99. The number of carbonyl (C=O) groups is 1. The minimum atomic E-state index is -5.04. The number of hydrogen-bond donors (Lipinski definition) is 2. The molecule has 90 valence electrons. The quantitative estimate of drug-likeness (QED) is 0.380. The zero-order valence-corrected chi connectivity index (χ0v) is 9.73. The molecule has 0 fully saturated rings. The van der Waals surface area contributed by atoms with Gasteiger partial charge < -0.3 is 14.3 Å². The van der Waals surface area contributed by atoms with Crippen molar-refractivity contribution in [1.29, 1.82) is 0 Å². The lowest BCUT2D eigenvalue weighted by molar-refractivity contribution is -0.122. The maximum atomic E-state index is 11.3. The largest absolute Gasteiger partial charge is 0.541 e. The van der Waals surface area contributed by atoms with Gasteiger partial charge in [-0.15, -0.1) is 0 Å². The summed E-state index contributed by atoms with van der Waals surface area (Å²) in [6.07, 6.45) is 1.19. The summed E-state index contributed by atoms with van der Waals surface area (Å²) in [7, 11) is -9.54. The third kappa shape index (κ3) is 7.67. The third-order valence-corrected chi connectivity index (χ3v) is 3.62. The van der Waals surface area contributed by atoms with Crippen molar-refractivity contribution in [3.05, 3.63) is 0 Å². The molecule has 2 N–H and O–H groups in total. The highest BCUT2D eigenvalue weighted by Gasteiger charge is 2.36. The Kier molecular flexibility index (Phi) is 6.28. The second-order valence-electron chi connectivity index (χ2n) is 2.41. The molecule has 0 saturated carbocycles. The van der Waals surface area contributed by atoms with Gasteiger partial charge >= 0.3 is 22.1 Å². The molecule has 0 rings (SSSR count). The SMILES string of the molecule is CCCCOP(=O)(OC=O)OP(=O)(O)O. The van der Waals surface area contributed by atoms with Crippen LogP contribution in [-0.4, -0.2) is 22.9 Å². The fraction of sp³-hybridized carbons (Fsp3) is 0.800. The van der Waals surface area contributed by atoms with Crippen molar-refractivity contribution in [2.45, 2.75) is 19.8 Å². The first-order valence-corrected chi connectivity index (χ1v) is 6.95. The average Bonchev–Trinajstić information content (AvgIpc) is 2.01. The highest BCUT2D eigenvalue weighted by atomic mass is 31.3. The number of hydrogen-bond acceptors (Lipinski definition) is 6. The molecule has 0 radical (unpaired) electrons. The Morgan fingerprint density at radius 3 is 2.33 bits per heavy atom. The Morgan fingerprint density at radius 2 is 1.93 bits per heavy atom. The van der Waals surface area contributed by atoms with Gasteiger partial charge in [-0.2, -0.15) is 4.31 Å². The van der Waals surface area contributed by atoms with Gasteiger partial charge in [0, 0.05) is 0 Å². The zero-order valence-electron chi connectivity index (χ0n) is 7.94. The van der Waals surface area contributed by atoms with E-state index in [9.17, 15) is 13.9 Å². The molecule has 0 amide bonds. The Labute approximate surface area is 86.4 Å². The molecule has 0 aliphatic carbocycles. The molecule has 0 aromatic rings. The van der Waals surface area contributed by atoms with Crippen LogP contribution in [0.5, 0.6) is 0 Å². The highest BCUT2D eigenvalue weighted by molar-refractivity contribution is 7.61. The van der Waals surface area contributed by atoms with Gasteiger partial charge in [0.1, 0.15) is 0 Å². The van der Waals surface area contributed by atoms with E-state index >= 15 is 0 Å². The topological polar surface area (TPSA) is 119 Å². The van der Waals surface area contributed by atoms with Crippen molar-refractivity contribution >= 4 is 22.1 Å². The van der Waals surface area contributed by atoms with Crippen LogP contribution in [0.25, 0.3) is 0 Å². The molecule has 0 aromatic carbocycles. The molecule has 1 unspecified atom stereocenters. The first-order chi connectivity index (χ1) is 6.83. The zero-order chi connectivity index (χ0) is 11.9. The van der Waals surface area contributed by atoms with Crippen molar-refractivity contribution in [1.82, 2.24) is 0 Å². The number of phosphoric ester groups is 1. The van der Waals surface area contributed by atoms with Crippen LogP contribution in [0.1, 0.15) is 19.8 Å². The first kappa shape index (κ1) is 14.8. The number of carbonyl (C=O) groups excluding carboxylic acids is 1. The van der Waals surface area contributed by atoms with E-state index in [1.165, 1.54) is 0 Å². The van der Waals surface area contributed by atoms with E-state index in [4.69, 9.17) is 9.79 Å². The third-order valence-electron chi connectivity index (χ3n) is 1.13. The summed E-state index contributed by atoms with van der Waals surface area (Å²) < 4.78 is 33.8. The van der Waals surface area contributed by atoms with Crippen LogP contribution in [0.4, 0.5) is 0 Å². The number of unbranched alkanes of at least 4 members (excludes halogenated alkanes) is 1. The van der Waals surface area contributed by atoms with Gasteiger partial charge in [0.15, 0.2) is 0 Å². The molecular weight excluding hydrogens is 250 g/mol. The summed E-state index contributed by atoms with van der Waals surface area (Å²) in [5.41, 5.74) is 0. The van der Waals surface area contributed by atoms with Crippen LogP contribution in [0.3, 0.4) is 0 Å². The highest BCUT2D eigenvalue weighted by Crippen LogP contribution is 2.60. The molecule has 0 spiro atoms. The van der Waals surface area contributed by atoms with E-state index in [2.05, 4.69) is 13.4 Å². The summed E-state index contributed by atoms with van der Waals surface area (Å²) in [4.78, 5) is 26.7. The van der Waals surface area contributed by atoms with Crippen LogP contribution in [-0.2, 0) is 27.3 Å². The molecule has 0 aromatic heterocycles. The van der Waals surface area contributed by atoms with Crippen LogP contribution >= 0.6 is 15.6 Å². The summed E-state index contributed by atoms with van der Waals surface area (Å²) in [5, 5.41) is 0. The summed E-state index contributed by atoms with van der Waals surface area (Å²) in [5.74, 6) is 0. The fourth-order valence-electron chi connectivity index (χ4n) is 0.577. The van der Waals surface area contributed by atoms with Crippen molar-refractivity contribution < 1.29 is 37.1 Å². The minimum absolute atomic E-state index is 0.0956. The average molecular weight is 262 g/mol. The molecule has 0 aliphatic heterocycles. The van der Waals surface area contributed by atoms with Gasteiger partial charge in [-0.1, -0.05) is 13.3 Å². The van der Waals surface area contributed by atoms with E-state index in [0.717, 1.165) is 0 Å². The second-order valence-corrected chi connectivity index (χ2v) is 5.41. The van der Waals surface area contributed by atoms with E-state index < -0.39 is 15.6 Å². The van der Waals surface area contributed by atoms with Crippen molar-refractivity contribution in [3.8, 4) is 0 Å². The Balaban J connectivity index is 4.38. The Hall–Kier alpha value is -0.230. The maximum absolute atomic E-state index is 11.3. The minimum Gasteiger partial charge on any atom is -0.373 e. The van der Waals surface area contributed by atoms with Crippen molar-refractivity contribution in [2.24, 2.45) is 0 Å². The number of rotatable bonds is 8. The van der Waals surface area contributed by atoms with Crippen molar-refractivity contribution in [2.75, 3.05) is 6.61 Å². The molecule has 15 heavy (non-hydrogen) atoms. The molecule has 10 heteroatoms. The second kappa shape index (κ2) is 6.37. The summed E-state index contributed by atoms with van der Waals surface area (Å²) in [6.45, 7) is 1.46. The van der Waals surface area contributed by atoms with Crippen molar-refractivity contribution in [3.63, 3.8) is 0 Å². The predicted octanol–water partition coefficient (Wildman–Crippen LogP) is 1.19. The van der Waals surface area contributed by atoms with Crippen LogP contribution in [0.15, 0.2) is 0 Å². The smallest absolute Gasteiger partial charge is 0.373 e. The predicted molar refractivity (Wildman–Crippen MR) is 48.7 cm³/mol. The van der Waals surface area contributed by atoms with Gasteiger partial charge in [0.2, 0.25) is 0 Å². The Bertz CT molecular complexity index is 283. The summed E-state index contributed by atoms with van der Waals surface area (Å²) in [6, 6.07) is 0. The van der Waals surface area contributed by atoms with E-state index in [1.54, 1.807) is 0 Å². The molecule has 8 nitrogen and oxygen atoms in total. The Morgan fingerprint density at radius 1 is 1.33 bits per heavy atom. The molecule has 0 bridgehead atoms. The van der Waals surface area contributed by atoms with Crippen LogP contribution in [0.2, 0.25) is 0 Å². The lowest BCUT2D eigenvalue weighted by Gasteiger charge is -2.14. The molecular formula is C5H12O8P2.